The molecule has 4 rings (SSSR count). The predicted molar refractivity (Wildman–Crippen MR) is 128 cm³/mol. The molecule has 0 radical (unpaired) electrons. The van der Waals surface area contributed by atoms with Gasteiger partial charge in [-0.2, -0.15) is 0 Å². The van der Waals surface area contributed by atoms with Crippen molar-refractivity contribution in [1.82, 2.24) is 19.7 Å². The quantitative estimate of drug-likeness (QED) is 0.196. The van der Waals surface area contributed by atoms with Gasteiger partial charge in [0.2, 0.25) is 0 Å². The molecule has 9 heteroatoms. The standard InChI is InChI=1S/C22H20Cl2N4OS2/c1-28-20(8-5-11-29-19-10-9-16(23)12-18(19)24)26-27-22(28)31-14-17-13-30-21(25-17)15-6-3-2-4-7-15/h2-4,6-7,9-10,12-13H,5,8,11,14H2,1H3. The number of halogens is 2. The van der Waals surface area contributed by atoms with Crippen molar-refractivity contribution in [3.05, 3.63) is 75.5 Å². The minimum Gasteiger partial charge on any atom is -0.492 e. The van der Waals surface area contributed by atoms with Gasteiger partial charge in [-0.1, -0.05) is 65.3 Å². The van der Waals surface area contributed by atoms with Gasteiger partial charge in [0.25, 0.3) is 0 Å². The molecule has 0 spiro atoms. The number of hydrogen-bond acceptors (Lipinski definition) is 6. The van der Waals surface area contributed by atoms with Gasteiger partial charge in [-0.15, -0.1) is 21.5 Å². The number of nitrogens with zero attached hydrogens (tertiary/aromatic N) is 4. The smallest absolute Gasteiger partial charge is 0.191 e. The maximum atomic E-state index is 6.13. The third-order valence-corrected chi connectivity index (χ3v) is 7.07. The van der Waals surface area contributed by atoms with E-state index in [1.807, 2.05) is 29.8 Å². The molecule has 0 bridgehead atoms. The Kier molecular flexibility index (Phi) is 7.50. The summed E-state index contributed by atoms with van der Waals surface area (Å²) < 4.78 is 7.78. The van der Waals surface area contributed by atoms with E-state index in [0.717, 1.165) is 45.8 Å². The van der Waals surface area contributed by atoms with E-state index in [0.29, 0.717) is 22.4 Å². The normalized spacial score (nSPS) is 11.1. The van der Waals surface area contributed by atoms with E-state index in [1.165, 1.54) is 0 Å². The van der Waals surface area contributed by atoms with Gasteiger partial charge in [-0.05, 0) is 24.6 Å². The topological polar surface area (TPSA) is 52.8 Å². The second-order valence-electron chi connectivity index (χ2n) is 6.78. The highest BCUT2D eigenvalue weighted by atomic mass is 35.5. The molecule has 2 aromatic heterocycles. The monoisotopic (exact) mass is 490 g/mol. The summed E-state index contributed by atoms with van der Waals surface area (Å²) in [7, 11) is 1.99. The lowest BCUT2D eigenvalue weighted by Gasteiger charge is -2.08. The zero-order valence-electron chi connectivity index (χ0n) is 16.8. The second kappa shape index (κ2) is 10.5. The van der Waals surface area contributed by atoms with Crippen molar-refractivity contribution in [2.75, 3.05) is 6.61 Å². The molecule has 31 heavy (non-hydrogen) atoms. The number of hydrogen-bond donors (Lipinski definition) is 0. The van der Waals surface area contributed by atoms with Gasteiger partial charge in [0.15, 0.2) is 5.16 Å². The maximum Gasteiger partial charge on any atom is 0.191 e. The Morgan fingerprint density at radius 3 is 2.74 bits per heavy atom. The van der Waals surface area contributed by atoms with Crippen molar-refractivity contribution in [2.24, 2.45) is 7.05 Å². The van der Waals surface area contributed by atoms with Crippen LogP contribution in [-0.2, 0) is 19.2 Å². The van der Waals surface area contributed by atoms with Crippen LogP contribution in [0.5, 0.6) is 5.75 Å². The van der Waals surface area contributed by atoms with Crippen LogP contribution in [0, 0.1) is 0 Å². The van der Waals surface area contributed by atoms with Crippen molar-refractivity contribution < 1.29 is 4.74 Å². The number of aryl methyl sites for hydroxylation is 1. The molecule has 0 atom stereocenters. The molecular weight excluding hydrogens is 471 g/mol. The molecule has 0 saturated carbocycles. The van der Waals surface area contributed by atoms with E-state index in [1.54, 1.807) is 41.3 Å². The van der Waals surface area contributed by atoms with Crippen molar-refractivity contribution >= 4 is 46.3 Å². The van der Waals surface area contributed by atoms with Crippen LogP contribution in [0.2, 0.25) is 10.0 Å². The fourth-order valence-corrected chi connectivity index (χ4v) is 5.14. The number of thioether (sulfide) groups is 1. The third kappa shape index (κ3) is 5.80. The summed E-state index contributed by atoms with van der Waals surface area (Å²) in [4.78, 5) is 4.74. The Morgan fingerprint density at radius 1 is 1.10 bits per heavy atom. The van der Waals surface area contributed by atoms with Crippen LogP contribution in [0.15, 0.2) is 59.1 Å². The molecule has 5 nitrogen and oxygen atoms in total. The summed E-state index contributed by atoms with van der Waals surface area (Å²) in [6.07, 6.45) is 1.58. The zero-order chi connectivity index (χ0) is 21.6. The van der Waals surface area contributed by atoms with Crippen molar-refractivity contribution in [2.45, 2.75) is 23.8 Å². The van der Waals surface area contributed by atoms with E-state index in [9.17, 15) is 0 Å². The Labute approximate surface area is 199 Å². The first-order valence-corrected chi connectivity index (χ1v) is 12.3. The average molecular weight is 491 g/mol. The zero-order valence-corrected chi connectivity index (χ0v) is 19.9. The number of ether oxygens (including phenoxy) is 1. The number of aromatic nitrogens is 4. The molecule has 0 fully saturated rings. The number of benzene rings is 2. The van der Waals surface area contributed by atoms with Gasteiger partial charge in [0, 0.05) is 35.2 Å². The van der Waals surface area contributed by atoms with Crippen LogP contribution >= 0.6 is 46.3 Å². The summed E-state index contributed by atoms with van der Waals surface area (Å²) in [5.74, 6) is 2.32. The maximum absolute atomic E-state index is 6.13. The van der Waals surface area contributed by atoms with E-state index in [-0.39, 0.29) is 0 Å². The molecule has 2 aromatic carbocycles. The molecule has 0 aliphatic heterocycles. The Hall–Kier alpha value is -2.06. The van der Waals surface area contributed by atoms with Crippen molar-refractivity contribution in [3.63, 3.8) is 0 Å². The molecule has 0 aliphatic rings. The Bertz CT molecular complexity index is 1150. The minimum atomic E-state index is 0.516. The highest BCUT2D eigenvalue weighted by molar-refractivity contribution is 7.98. The van der Waals surface area contributed by atoms with Gasteiger partial charge in [-0.3, -0.25) is 0 Å². The lowest BCUT2D eigenvalue weighted by atomic mass is 10.2. The molecule has 0 amide bonds. The Morgan fingerprint density at radius 2 is 1.94 bits per heavy atom. The van der Waals surface area contributed by atoms with Crippen LogP contribution in [0.1, 0.15) is 17.9 Å². The molecule has 0 saturated heterocycles. The Balaban J connectivity index is 1.27. The molecule has 0 aliphatic carbocycles. The van der Waals surface area contributed by atoms with Gasteiger partial charge < -0.3 is 9.30 Å². The first-order valence-electron chi connectivity index (χ1n) is 9.69. The van der Waals surface area contributed by atoms with E-state index < -0.39 is 0 Å². The second-order valence-corrected chi connectivity index (χ2v) is 9.43. The lowest BCUT2D eigenvalue weighted by molar-refractivity contribution is 0.309. The predicted octanol–water partition coefficient (Wildman–Crippen LogP) is 6.55. The minimum absolute atomic E-state index is 0.516. The van der Waals surface area contributed by atoms with Crippen molar-refractivity contribution in [3.8, 4) is 16.3 Å². The summed E-state index contributed by atoms with van der Waals surface area (Å²) in [5, 5.41) is 13.8. The number of thiazole rings is 1. The third-order valence-electron chi connectivity index (χ3n) is 4.54. The van der Waals surface area contributed by atoms with Crippen LogP contribution in [-0.4, -0.2) is 26.4 Å². The molecule has 2 heterocycles. The van der Waals surface area contributed by atoms with Gasteiger partial charge in [0.05, 0.1) is 17.3 Å². The van der Waals surface area contributed by atoms with Crippen LogP contribution < -0.4 is 4.74 Å². The van der Waals surface area contributed by atoms with Crippen molar-refractivity contribution in [1.29, 1.82) is 0 Å². The van der Waals surface area contributed by atoms with Crippen LogP contribution in [0.4, 0.5) is 0 Å². The first-order chi connectivity index (χ1) is 15.1. The molecule has 160 valence electrons. The fourth-order valence-electron chi connectivity index (χ4n) is 2.92. The molecule has 0 unspecified atom stereocenters. The number of rotatable bonds is 9. The van der Waals surface area contributed by atoms with E-state index >= 15 is 0 Å². The van der Waals surface area contributed by atoms with Gasteiger partial charge in [0.1, 0.15) is 16.6 Å². The molecule has 0 N–H and O–H groups in total. The average Bonchev–Trinajstić information content (AvgIpc) is 3.39. The summed E-state index contributed by atoms with van der Waals surface area (Å²) in [6, 6.07) is 15.4. The lowest BCUT2D eigenvalue weighted by Crippen LogP contribution is -2.04. The molecule has 4 aromatic rings. The van der Waals surface area contributed by atoms with E-state index in [4.69, 9.17) is 32.9 Å². The summed E-state index contributed by atoms with van der Waals surface area (Å²) >= 11 is 15.3. The van der Waals surface area contributed by atoms with Gasteiger partial charge in [-0.25, -0.2) is 4.98 Å². The van der Waals surface area contributed by atoms with Gasteiger partial charge >= 0.3 is 0 Å². The SMILES string of the molecule is Cn1c(CCCOc2ccc(Cl)cc2Cl)nnc1SCc1csc(-c2ccccc2)n1. The highest BCUT2D eigenvalue weighted by Crippen LogP contribution is 2.28. The first kappa shape index (κ1) is 22.1. The van der Waals surface area contributed by atoms with Crippen LogP contribution in [0.25, 0.3) is 10.6 Å². The van der Waals surface area contributed by atoms with Crippen LogP contribution in [0.3, 0.4) is 0 Å². The van der Waals surface area contributed by atoms with E-state index in [2.05, 4.69) is 27.7 Å². The highest BCUT2D eigenvalue weighted by Gasteiger charge is 2.11. The summed E-state index contributed by atoms with van der Waals surface area (Å²) in [5.41, 5.74) is 2.19. The molecular formula is C22H20Cl2N4OS2. The summed E-state index contributed by atoms with van der Waals surface area (Å²) in [6.45, 7) is 0.539. The fraction of sp³-hybridized carbons (Fsp3) is 0.227. The largest absolute Gasteiger partial charge is 0.492 e.